The van der Waals surface area contributed by atoms with E-state index in [1.807, 2.05) is 5.41 Å². The van der Waals surface area contributed by atoms with Gasteiger partial charge in [-0.3, -0.25) is 4.79 Å². The highest BCUT2D eigenvalue weighted by Crippen LogP contribution is 2.35. The Hall–Kier alpha value is -1.17. The summed E-state index contributed by atoms with van der Waals surface area (Å²) in [6.45, 7) is 0.739. The van der Waals surface area contributed by atoms with Crippen molar-refractivity contribution in [1.29, 1.82) is 0 Å². The van der Waals surface area contributed by atoms with Crippen molar-refractivity contribution in [3.05, 3.63) is 11.0 Å². The summed E-state index contributed by atoms with van der Waals surface area (Å²) in [5.74, 6) is 0.159. The van der Waals surface area contributed by atoms with Crippen LogP contribution in [-0.2, 0) is 9.53 Å². The Labute approximate surface area is 85.3 Å². The highest BCUT2D eigenvalue weighted by molar-refractivity contribution is 8.02. The van der Waals surface area contributed by atoms with Gasteiger partial charge in [0, 0.05) is 6.54 Å². The molecule has 2 amide bonds. The van der Waals surface area contributed by atoms with E-state index >= 15 is 0 Å². The van der Waals surface area contributed by atoms with Crippen molar-refractivity contribution < 1.29 is 14.3 Å². The number of carbonyl (C=O) groups is 2. The van der Waals surface area contributed by atoms with Crippen molar-refractivity contribution >= 4 is 23.8 Å². The quantitative estimate of drug-likeness (QED) is 0.670. The Morgan fingerprint density at radius 3 is 3.21 bits per heavy atom. The number of β-lactam (4-membered cyclic amide) rings is 1. The van der Waals surface area contributed by atoms with Crippen LogP contribution < -0.4 is 5.73 Å². The van der Waals surface area contributed by atoms with Crippen LogP contribution in [0.1, 0.15) is 6.42 Å². The molecule has 5 nitrogen and oxygen atoms in total. The van der Waals surface area contributed by atoms with E-state index in [2.05, 4.69) is 4.74 Å². The number of rotatable bonds is 2. The molecule has 0 spiro atoms. The Bertz CT molecular complexity index is 316. The van der Waals surface area contributed by atoms with Crippen LogP contribution in [0, 0.1) is 0 Å². The fraction of sp³-hybridized carbons (Fsp3) is 0.500. The summed E-state index contributed by atoms with van der Waals surface area (Å²) >= 11 is 1.59. The second kappa shape index (κ2) is 3.53. The minimum atomic E-state index is -0.784. The van der Waals surface area contributed by atoms with Crippen LogP contribution >= 0.6 is 11.8 Å². The van der Waals surface area contributed by atoms with E-state index in [0.29, 0.717) is 18.3 Å². The van der Waals surface area contributed by atoms with Crippen LogP contribution in [0.4, 0.5) is 4.79 Å². The van der Waals surface area contributed by atoms with Crippen molar-refractivity contribution in [2.75, 3.05) is 13.2 Å². The van der Waals surface area contributed by atoms with Crippen LogP contribution in [0.5, 0.6) is 0 Å². The molecule has 2 aliphatic heterocycles. The van der Waals surface area contributed by atoms with Gasteiger partial charge in [0.25, 0.3) is 0 Å². The number of nitrogens with two attached hydrogens (primary N) is 1. The molecular weight excluding hydrogens is 204 g/mol. The number of thioether (sulfide) groups is 1. The summed E-state index contributed by atoms with van der Waals surface area (Å²) in [4.78, 5) is 23.2. The third-order valence-electron chi connectivity index (χ3n) is 2.18. The van der Waals surface area contributed by atoms with Gasteiger partial charge in [0.05, 0.1) is 11.8 Å². The Balaban J connectivity index is 1.88. The molecule has 0 aromatic carbocycles. The monoisotopic (exact) mass is 214 g/mol. The largest absolute Gasteiger partial charge is 0.445 e. The summed E-state index contributed by atoms with van der Waals surface area (Å²) in [6, 6.07) is 0. The van der Waals surface area contributed by atoms with Crippen LogP contribution in [0.3, 0.4) is 0 Å². The normalized spacial score (nSPS) is 24.9. The SMILES string of the molecule is NC(=O)OCC1=CS[C@@H]2CC(=O)N2C1. The van der Waals surface area contributed by atoms with Gasteiger partial charge in [-0.1, -0.05) is 0 Å². The van der Waals surface area contributed by atoms with Crippen molar-refractivity contribution in [2.24, 2.45) is 5.73 Å². The van der Waals surface area contributed by atoms with E-state index in [4.69, 9.17) is 5.73 Å². The predicted octanol–water partition coefficient (Wildman–Crippen LogP) is 0.271. The summed E-state index contributed by atoms with van der Waals surface area (Å²) in [5.41, 5.74) is 5.75. The number of primary amides is 1. The molecule has 2 heterocycles. The molecule has 0 radical (unpaired) electrons. The van der Waals surface area contributed by atoms with Gasteiger partial charge < -0.3 is 15.4 Å². The summed E-state index contributed by atoms with van der Waals surface area (Å²) in [5, 5.41) is 2.23. The number of ether oxygens (including phenoxy) is 1. The number of carbonyl (C=O) groups excluding carboxylic acids is 2. The molecule has 1 saturated heterocycles. The van der Waals surface area contributed by atoms with Gasteiger partial charge in [0.1, 0.15) is 6.61 Å². The maximum absolute atomic E-state index is 11.1. The number of hydrogen-bond acceptors (Lipinski definition) is 4. The molecule has 2 rings (SSSR count). The fourth-order valence-electron chi connectivity index (χ4n) is 1.41. The average molecular weight is 214 g/mol. The van der Waals surface area contributed by atoms with E-state index in [-0.39, 0.29) is 12.5 Å². The van der Waals surface area contributed by atoms with Crippen molar-refractivity contribution in [3.63, 3.8) is 0 Å². The molecule has 0 aliphatic carbocycles. The van der Waals surface area contributed by atoms with Gasteiger partial charge in [-0.2, -0.15) is 0 Å². The summed E-state index contributed by atoms with van der Waals surface area (Å²) in [7, 11) is 0. The van der Waals surface area contributed by atoms with Crippen LogP contribution in [0.2, 0.25) is 0 Å². The molecule has 14 heavy (non-hydrogen) atoms. The van der Waals surface area contributed by atoms with E-state index in [1.165, 1.54) is 0 Å². The first kappa shape index (κ1) is 9.39. The van der Waals surface area contributed by atoms with Gasteiger partial charge in [0.2, 0.25) is 5.91 Å². The molecule has 1 atom stereocenters. The molecular formula is C8H10N2O3S. The number of amides is 2. The number of fused-ring (bicyclic) bond motifs is 1. The zero-order chi connectivity index (χ0) is 10.1. The van der Waals surface area contributed by atoms with Gasteiger partial charge in [-0.05, 0) is 11.0 Å². The van der Waals surface area contributed by atoms with Gasteiger partial charge >= 0.3 is 6.09 Å². The maximum Gasteiger partial charge on any atom is 0.404 e. The second-order valence-electron chi connectivity index (χ2n) is 3.20. The molecule has 0 saturated carbocycles. The minimum absolute atomic E-state index is 0.159. The zero-order valence-electron chi connectivity index (χ0n) is 7.43. The first-order chi connectivity index (χ1) is 6.66. The lowest BCUT2D eigenvalue weighted by Gasteiger charge is -2.42. The molecule has 0 aromatic heterocycles. The first-order valence-corrected chi connectivity index (χ1v) is 5.16. The Morgan fingerprint density at radius 2 is 2.57 bits per heavy atom. The average Bonchev–Trinajstić information content (AvgIpc) is 2.14. The third-order valence-corrected chi connectivity index (χ3v) is 3.39. The lowest BCUT2D eigenvalue weighted by atomic mass is 10.1. The summed E-state index contributed by atoms with van der Waals surface area (Å²) < 4.78 is 4.64. The predicted molar refractivity (Wildman–Crippen MR) is 51.3 cm³/mol. The molecule has 2 aliphatic rings. The van der Waals surface area contributed by atoms with Crippen molar-refractivity contribution in [2.45, 2.75) is 11.8 Å². The molecule has 0 unspecified atom stereocenters. The third kappa shape index (κ3) is 1.70. The van der Waals surface area contributed by atoms with E-state index < -0.39 is 6.09 Å². The van der Waals surface area contributed by atoms with Gasteiger partial charge in [0.15, 0.2) is 0 Å². The lowest BCUT2D eigenvalue weighted by molar-refractivity contribution is -0.140. The van der Waals surface area contributed by atoms with E-state index in [0.717, 1.165) is 5.57 Å². The Kier molecular flexibility index (Phi) is 2.37. The second-order valence-corrected chi connectivity index (χ2v) is 4.25. The molecule has 0 bridgehead atoms. The maximum atomic E-state index is 11.1. The smallest absolute Gasteiger partial charge is 0.404 e. The lowest BCUT2D eigenvalue weighted by Crippen LogP contribution is -2.52. The molecule has 6 heteroatoms. The zero-order valence-corrected chi connectivity index (χ0v) is 8.25. The van der Waals surface area contributed by atoms with Crippen molar-refractivity contribution in [3.8, 4) is 0 Å². The van der Waals surface area contributed by atoms with Gasteiger partial charge in [-0.25, -0.2) is 4.79 Å². The Morgan fingerprint density at radius 1 is 1.79 bits per heavy atom. The van der Waals surface area contributed by atoms with Crippen LogP contribution in [-0.4, -0.2) is 35.4 Å². The molecule has 2 N–H and O–H groups in total. The van der Waals surface area contributed by atoms with E-state index in [1.54, 1.807) is 16.7 Å². The highest BCUT2D eigenvalue weighted by atomic mass is 32.2. The minimum Gasteiger partial charge on any atom is -0.445 e. The molecule has 1 fully saturated rings. The van der Waals surface area contributed by atoms with E-state index in [9.17, 15) is 9.59 Å². The van der Waals surface area contributed by atoms with Gasteiger partial charge in [-0.15, -0.1) is 11.8 Å². The first-order valence-electron chi connectivity index (χ1n) is 4.22. The highest BCUT2D eigenvalue weighted by Gasteiger charge is 2.38. The fourth-order valence-corrected chi connectivity index (χ4v) is 2.48. The number of nitrogens with zero attached hydrogens (tertiary/aromatic N) is 1. The summed E-state index contributed by atoms with van der Waals surface area (Å²) in [6.07, 6.45) is -0.168. The van der Waals surface area contributed by atoms with Crippen molar-refractivity contribution in [1.82, 2.24) is 4.90 Å². The topological polar surface area (TPSA) is 72.6 Å². The number of hydrogen-bond donors (Lipinski definition) is 1. The van der Waals surface area contributed by atoms with Crippen LogP contribution in [0.15, 0.2) is 11.0 Å². The van der Waals surface area contributed by atoms with Crippen LogP contribution in [0.25, 0.3) is 0 Å². The standard InChI is InChI=1S/C8H10N2O3S/c9-8(12)13-3-5-2-10-6(11)1-7(10)14-4-5/h4,7H,1-3H2,(H2,9,12)/t7-/m1/s1. The molecule has 76 valence electrons. The molecule has 0 aromatic rings.